The Kier molecular flexibility index (Phi) is 7.29. The predicted octanol–water partition coefficient (Wildman–Crippen LogP) is 4.31. The molecular weight excluding hydrogens is 470 g/mol. The summed E-state index contributed by atoms with van der Waals surface area (Å²) in [5, 5.41) is 6.73. The number of nitrogens with zero attached hydrogens (tertiary/aromatic N) is 2. The van der Waals surface area contributed by atoms with Gasteiger partial charge in [0.05, 0.1) is 24.7 Å². The van der Waals surface area contributed by atoms with Crippen molar-refractivity contribution in [2.45, 2.75) is 18.7 Å². The van der Waals surface area contributed by atoms with Crippen molar-refractivity contribution in [3.8, 4) is 11.5 Å². The van der Waals surface area contributed by atoms with Crippen molar-refractivity contribution < 1.29 is 27.2 Å². The van der Waals surface area contributed by atoms with Crippen molar-refractivity contribution in [3.63, 3.8) is 0 Å². The molecule has 0 saturated heterocycles. The highest BCUT2D eigenvalue weighted by Gasteiger charge is 2.33. The fourth-order valence-electron chi connectivity index (χ4n) is 3.13. The van der Waals surface area contributed by atoms with Crippen LogP contribution in [0.4, 0.5) is 11.4 Å². The lowest BCUT2D eigenvalue weighted by Gasteiger charge is -2.24. The number of rotatable bonds is 9. The Morgan fingerprint density at radius 2 is 1.94 bits per heavy atom. The first kappa shape index (κ1) is 24.1. The molecule has 0 fully saturated rings. The van der Waals surface area contributed by atoms with Gasteiger partial charge < -0.3 is 19.3 Å². The number of nitrogens with one attached hydrogen (secondary N) is 1. The number of aromatic nitrogens is 1. The normalized spacial score (nSPS) is 11.0. The monoisotopic (exact) mass is 491 g/mol. The van der Waals surface area contributed by atoms with E-state index in [0.717, 1.165) is 4.31 Å². The number of hydrogen-bond acceptors (Lipinski definition) is 7. The van der Waals surface area contributed by atoms with E-state index in [1.54, 1.807) is 24.3 Å². The molecule has 0 aliphatic heterocycles. The molecule has 1 amide bonds. The Morgan fingerprint density at radius 3 is 2.52 bits per heavy atom. The number of hydrogen-bond donors (Lipinski definition) is 1. The van der Waals surface area contributed by atoms with Gasteiger partial charge in [0, 0.05) is 5.02 Å². The number of halogens is 1. The van der Waals surface area contributed by atoms with Crippen LogP contribution in [0.15, 0.2) is 64.7 Å². The molecule has 1 N–H and O–H groups in total. The third-order valence-corrected chi connectivity index (χ3v) is 6.84. The number of sulfonamides is 1. The van der Waals surface area contributed by atoms with E-state index < -0.39 is 22.5 Å². The number of methoxy groups -OCH3 is 1. The van der Waals surface area contributed by atoms with Gasteiger partial charge in [-0.25, -0.2) is 8.42 Å². The Labute approximate surface area is 196 Å². The maximum Gasteiger partial charge on any atom is 0.270 e. The summed E-state index contributed by atoms with van der Waals surface area (Å²) in [7, 11) is -2.71. The van der Waals surface area contributed by atoms with Crippen LogP contribution in [-0.2, 0) is 14.8 Å². The second kappa shape index (κ2) is 9.97. The van der Waals surface area contributed by atoms with Gasteiger partial charge in [-0.3, -0.25) is 9.10 Å². The molecule has 0 aliphatic rings. The summed E-state index contributed by atoms with van der Waals surface area (Å²) >= 11 is 6.04. The van der Waals surface area contributed by atoms with E-state index in [1.807, 2.05) is 0 Å². The average Bonchev–Trinajstić information content (AvgIpc) is 3.12. The van der Waals surface area contributed by atoms with Crippen molar-refractivity contribution in [1.29, 1.82) is 0 Å². The molecule has 0 spiro atoms. The Balaban J connectivity index is 1.99. The minimum Gasteiger partial charge on any atom is -0.497 e. The van der Waals surface area contributed by atoms with E-state index >= 15 is 0 Å². The molecular formula is C22H22ClN3O6S. The summed E-state index contributed by atoms with van der Waals surface area (Å²) in [4.78, 5) is 12.9. The fraction of sp³-hybridized carbons (Fsp3) is 0.182. The first-order chi connectivity index (χ1) is 15.7. The van der Waals surface area contributed by atoms with E-state index in [2.05, 4.69) is 17.1 Å². The van der Waals surface area contributed by atoms with Crippen LogP contribution in [0.25, 0.3) is 0 Å². The average molecular weight is 492 g/mol. The molecule has 0 atom stereocenters. The first-order valence-corrected chi connectivity index (χ1v) is 11.5. The quantitative estimate of drug-likeness (QED) is 0.444. The zero-order chi connectivity index (χ0) is 24.2. The summed E-state index contributed by atoms with van der Waals surface area (Å²) in [6.07, 6.45) is 1.20. The Hall–Kier alpha value is -3.50. The van der Waals surface area contributed by atoms with Gasteiger partial charge >= 0.3 is 0 Å². The zero-order valence-corrected chi connectivity index (χ0v) is 19.7. The van der Waals surface area contributed by atoms with Gasteiger partial charge in [0.15, 0.2) is 10.7 Å². The van der Waals surface area contributed by atoms with Crippen molar-refractivity contribution >= 4 is 38.9 Å². The largest absolute Gasteiger partial charge is 0.497 e. The Bertz CT molecular complexity index is 1250. The summed E-state index contributed by atoms with van der Waals surface area (Å²) < 4.78 is 43.6. The molecule has 1 aromatic heterocycles. The molecule has 1 heterocycles. The van der Waals surface area contributed by atoms with Gasteiger partial charge in [-0.1, -0.05) is 23.3 Å². The summed E-state index contributed by atoms with van der Waals surface area (Å²) in [6.45, 7) is 5.96. The van der Waals surface area contributed by atoms with Crippen LogP contribution < -0.4 is 19.1 Å². The maximum atomic E-state index is 13.6. The number of carbonyl (C=O) groups is 1. The van der Waals surface area contributed by atoms with Gasteiger partial charge in [-0.05, 0) is 56.3 Å². The van der Waals surface area contributed by atoms with E-state index in [9.17, 15) is 13.2 Å². The molecule has 11 heteroatoms. The van der Waals surface area contributed by atoms with E-state index in [-0.39, 0.29) is 27.7 Å². The SMILES string of the molecule is C=COc1ccc(Cl)cc1NC(=O)CN(c1ccc(OC)cc1)S(=O)(=O)c1c(C)noc1C. The molecule has 33 heavy (non-hydrogen) atoms. The van der Waals surface area contributed by atoms with Crippen LogP contribution in [-0.4, -0.2) is 33.1 Å². The maximum absolute atomic E-state index is 13.6. The lowest BCUT2D eigenvalue weighted by Crippen LogP contribution is -2.38. The molecule has 0 radical (unpaired) electrons. The fourth-order valence-corrected chi connectivity index (χ4v) is 5.02. The van der Waals surface area contributed by atoms with Gasteiger partial charge in [0.25, 0.3) is 10.0 Å². The van der Waals surface area contributed by atoms with Gasteiger partial charge in [-0.2, -0.15) is 0 Å². The van der Waals surface area contributed by atoms with E-state index in [1.165, 1.54) is 45.4 Å². The van der Waals surface area contributed by atoms with Crippen molar-refractivity contribution in [2.24, 2.45) is 0 Å². The highest BCUT2D eigenvalue weighted by molar-refractivity contribution is 7.93. The summed E-state index contributed by atoms with van der Waals surface area (Å²) in [5.74, 6) is 0.315. The summed E-state index contributed by atoms with van der Waals surface area (Å²) in [5.41, 5.74) is 0.694. The van der Waals surface area contributed by atoms with Gasteiger partial charge in [-0.15, -0.1) is 0 Å². The number of carbonyl (C=O) groups excluding carboxylic acids is 1. The number of anilines is 2. The third kappa shape index (κ3) is 5.29. The van der Waals surface area contributed by atoms with Crippen LogP contribution in [0.1, 0.15) is 11.5 Å². The first-order valence-electron chi connectivity index (χ1n) is 9.64. The standard InChI is InChI=1S/C22H22ClN3O6S/c1-5-31-20-11-6-16(23)12-19(20)24-21(27)13-26(17-7-9-18(30-4)10-8-17)33(28,29)22-14(2)25-32-15(22)3/h5-12H,1,13H2,2-4H3,(H,24,27). The predicted molar refractivity (Wildman–Crippen MR) is 124 cm³/mol. The smallest absolute Gasteiger partial charge is 0.270 e. The van der Waals surface area contributed by atoms with Crippen LogP contribution in [0.5, 0.6) is 11.5 Å². The van der Waals surface area contributed by atoms with Crippen LogP contribution in [0, 0.1) is 13.8 Å². The Morgan fingerprint density at radius 1 is 1.24 bits per heavy atom. The molecule has 0 aliphatic carbocycles. The molecule has 3 rings (SSSR count). The van der Waals surface area contributed by atoms with Gasteiger partial charge in [0.1, 0.15) is 23.7 Å². The zero-order valence-electron chi connectivity index (χ0n) is 18.2. The van der Waals surface area contributed by atoms with Crippen LogP contribution >= 0.6 is 11.6 Å². The molecule has 0 saturated carbocycles. The van der Waals surface area contributed by atoms with Gasteiger partial charge in [0.2, 0.25) is 5.91 Å². The highest BCUT2D eigenvalue weighted by Crippen LogP contribution is 2.31. The molecule has 174 valence electrons. The second-order valence-electron chi connectivity index (χ2n) is 6.84. The molecule has 0 unspecified atom stereocenters. The number of ether oxygens (including phenoxy) is 2. The van der Waals surface area contributed by atoms with Crippen molar-refractivity contribution in [1.82, 2.24) is 5.16 Å². The molecule has 9 nitrogen and oxygen atoms in total. The topological polar surface area (TPSA) is 111 Å². The minimum atomic E-state index is -4.21. The van der Waals surface area contributed by atoms with Crippen molar-refractivity contribution in [3.05, 3.63) is 71.8 Å². The minimum absolute atomic E-state index is 0.107. The number of amides is 1. The van der Waals surface area contributed by atoms with Crippen LogP contribution in [0.3, 0.4) is 0 Å². The van der Waals surface area contributed by atoms with Crippen molar-refractivity contribution in [2.75, 3.05) is 23.3 Å². The molecule has 2 aromatic carbocycles. The van der Waals surface area contributed by atoms with E-state index in [0.29, 0.717) is 16.5 Å². The summed E-state index contributed by atoms with van der Waals surface area (Å²) in [6, 6.07) is 10.9. The lowest BCUT2D eigenvalue weighted by atomic mass is 10.3. The number of benzene rings is 2. The molecule has 0 bridgehead atoms. The highest BCUT2D eigenvalue weighted by atomic mass is 35.5. The molecule has 3 aromatic rings. The van der Waals surface area contributed by atoms with Crippen LogP contribution in [0.2, 0.25) is 5.02 Å². The lowest BCUT2D eigenvalue weighted by molar-refractivity contribution is -0.114. The third-order valence-electron chi connectivity index (χ3n) is 4.59. The number of aryl methyl sites for hydroxylation is 2. The second-order valence-corrected chi connectivity index (χ2v) is 9.07. The van der Waals surface area contributed by atoms with E-state index in [4.69, 9.17) is 25.6 Å².